The van der Waals surface area contributed by atoms with Crippen molar-refractivity contribution < 1.29 is 9.59 Å². The number of hydrogen-bond acceptors (Lipinski definition) is 2. The lowest BCUT2D eigenvalue weighted by atomic mass is 10.1. The third-order valence-corrected chi connectivity index (χ3v) is 4.13. The zero-order valence-corrected chi connectivity index (χ0v) is 13.8. The second kappa shape index (κ2) is 7.36. The zero-order valence-electron chi connectivity index (χ0n) is 13.1. The predicted molar refractivity (Wildman–Crippen MR) is 95.6 cm³/mol. The molecule has 0 bridgehead atoms. The summed E-state index contributed by atoms with van der Waals surface area (Å²) in [6.07, 6.45) is 1.06. The van der Waals surface area contributed by atoms with E-state index in [4.69, 9.17) is 11.6 Å². The number of rotatable bonds is 5. The van der Waals surface area contributed by atoms with Gasteiger partial charge in [-0.3, -0.25) is 9.69 Å². The van der Waals surface area contributed by atoms with Crippen LogP contribution in [-0.4, -0.2) is 25.0 Å². The van der Waals surface area contributed by atoms with Gasteiger partial charge < -0.3 is 10.6 Å². The van der Waals surface area contributed by atoms with Crippen LogP contribution in [-0.2, 0) is 11.2 Å². The molecule has 2 aromatic carbocycles. The van der Waals surface area contributed by atoms with Gasteiger partial charge in [-0.05, 0) is 48.4 Å². The summed E-state index contributed by atoms with van der Waals surface area (Å²) in [7, 11) is 0. The molecule has 0 aliphatic carbocycles. The zero-order chi connectivity index (χ0) is 16.9. The minimum absolute atomic E-state index is 0.0448. The molecule has 1 saturated heterocycles. The van der Waals surface area contributed by atoms with Gasteiger partial charge in [0.25, 0.3) is 0 Å². The number of hydrogen-bond donors (Lipinski definition) is 2. The summed E-state index contributed by atoms with van der Waals surface area (Å²) in [5.74, 6) is -0.0448. The smallest absolute Gasteiger partial charge is 0.321 e. The number of benzene rings is 2. The van der Waals surface area contributed by atoms with E-state index in [0.717, 1.165) is 16.9 Å². The Balaban J connectivity index is 1.52. The minimum Gasteiger partial charge on any atom is -0.336 e. The summed E-state index contributed by atoms with van der Waals surface area (Å²) in [6.45, 7) is 1.31. The Morgan fingerprint density at radius 2 is 1.83 bits per heavy atom. The van der Waals surface area contributed by atoms with Crippen LogP contribution in [0.4, 0.5) is 16.2 Å². The number of anilines is 2. The Morgan fingerprint density at radius 3 is 2.46 bits per heavy atom. The number of halogens is 1. The van der Waals surface area contributed by atoms with Crippen LogP contribution in [0, 0.1) is 0 Å². The maximum absolute atomic E-state index is 12.0. The summed E-state index contributed by atoms with van der Waals surface area (Å²) in [4.78, 5) is 25.3. The van der Waals surface area contributed by atoms with Crippen molar-refractivity contribution in [2.24, 2.45) is 0 Å². The Hall–Kier alpha value is -2.53. The SMILES string of the molecule is O=C(CCc1ccc(Cl)cc1)Nc1ccc(N2CCNC2=O)cc1. The molecule has 0 aromatic heterocycles. The van der Waals surface area contributed by atoms with Crippen molar-refractivity contribution in [1.29, 1.82) is 0 Å². The third kappa shape index (κ3) is 4.06. The van der Waals surface area contributed by atoms with Gasteiger partial charge in [0, 0.05) is 35.9 Å². The first-order valence-electron chi connectivity index (χ1n) is 7.81. The average molecular weight is 344 g/mol. The summed E-state index contributed by atoms with van der Waals surface area (Å²) < 4.78 is 0. The lowest BCUT2D eigenvalue weighted by Crippen LogP contribution is -2.27. The van der Waals surface area contributed by atoms with Crippen molar-refractivity contribution in [3.8, 4) is 0 Å². The molecular weight excluding hydrogens is 326 g/mol. The Bertz CT molecular complexity index is 729. The van der Waals surface area contributed by atoms with Gasteiger partial charge in [-0.25, -0.2) is 4.79 Å². The molecule has 1 fully saturated rings. The highest BCUT2D eigenvalue weighted by atomic mass is 35.5. The second-order valence-corrected chi connectivity index (χ2v) is 6.04. The van der Waals surface area contributed by atoms with E-state index in [9.17, 15) is 9.59 Å². The quantitative estimate of drug-likeness (QED) is 0.873. The van der Waals surface area contributed by atoms with Crippen LogP contribution in [0.15, 0.2) is 48.5 Å². The average Bonchev–Trinajstić information content (AvgIpc) is 3.01. The first kappa shape index (κ1) is 16.3. The maximum Gasteiger partial charge on any atom is 0.321 e. The number of carbonyl (C=O) groups excluding carboxylic acids is 2. The molecule has 5 nitrogen and oxygen atoms in total. The summed E-state index contributed by atoms with van der Waals surface area (Å²) in [5, 5.41) is 6.32. The molecule has 1 aliphatic heterocycles. The van der Waals surface area contributed by atoms with Gasteiger partial charge in [-0.2, -0.15) is 0 Å². The maximum atomic E-state index is 12.0. The molecule has 2 N–H and O–H groups in total. The topological polar surface area (TPSA) is 61.4 Å². The number of amides is 3. The molecule has 1 aliphatic rings. The van der Waals surface area contributed by atoms with Crippen molar-refractivity contribution in [1.82, 2.24) is 5.32 Å². The van der Waals surface area contributed by atoms with E-state index in [0.29, 0.717) is 31.0 Å². The van der Waals surface area contributed by atoms with Gasteiger partial charge >= 0.3 is 6.03 Å². The van der Waals surface area contributed by atoms with Crippen LogP contribution in [0.5, 0.6) is 0 Å². The van der Waals surface area contributed by atoms with E-state index in [2.05, 4.69) is 10.6 Å². The Morgan fingerprint density at radius 1 is 1.12 bits per heavy atom. The molecule has 0 saturated carbocycles. The fourth-order valence-corrected chi connectivity index (χ4v) is 2.70. The van der Waals surface area contributed by atoms with Gasteiger partial charge in [0.15, 0.2) is 0 Å². The molecule has 3 rings (SSSR count). The number of carbonyl (C=O) groups is 2. The van der Waals surface area contributed by atoms with Crippen LogP contribution >= 0.6 is 11.6 Å². The molecule has 124 valence electrons. The summed E-state index contributed by atoms with van der Waals surface area (Å²) in [6, 6.07) is 14.7. The minimum atomic E-state index is -0.0882. The second-order valence-electron chi connectivity index (χ2n) is 5.61. The predicted octanol–water partition coefficient (Wildman–Crippen LogP) is 3.44. The van der Waals surface area contributed by atoms with E-state index in [-0.39, 0.29) is 11.9 Å². The third-order valence-electron chi connectivity index (χ3n) is 3.87. The number of nitrogens with zero attached hydrogens (tertiary/aromatic N) is 1. The normalized spacial score (nSPS) is 13.7. The van der Waals surface area contributed by atoms with E-state index in [1.807, 2.05) is 36.4 Å². The lowest BCUT2D eigenvalue weighted by molar-refractivity contribution is -0.116. The van der Waals surface area contributed by atoms with Crippen molar-refractivity contribution in [3.05, 3.63) is 59.1 Å². The van der Waals surface area contributed by atoms with Gasteiger partial charge in [0.1, 0.15) is 0 Å². The summed E-state index contributed by atoms with van der Waals surface area (Å²) >= 11 is 5.84. The number of urea groups is 1. The van der Waals surface area contributed by atoms with Crippen LogP contribution in [0.3, 0.4) is 0 Å². The molecule has 0 spiro atoms. The highest BCUT2D eigenvalue weighted by Crippen LogP contribution is 2.20. The number of nitrogens with one attached hydrogen (secondary N) is 2. The molecule has 3 amide bonds. The van der Waals surface area contributed by atoms with Gasteiger partial charge in [0.2, 0.25) is 5.91 Å². The van der Waals surface area contributed by atoms with Crippen LogP contribution < -0.4 is 15.5 Å². The largest absolute Gasteiger partial charge is 0.336 e. The standard InChI is InChI=1S/C18H18ClN3O2/c19-14-4-1-13(2-5-14)3-10-17(23)21-15-6-8-16(9-7-15)22-12-11-20-18(22)24/h1-2,4-9H,3,10-12H2,(H,20,24)(H,21,23). The fourth-order valence-electron chi connectivity index (χ4n) is 2.58. The molecule has 0 radical (unpaired) electrons. The highest BCUT2D eigenvalue weighted by Gasteiger charge is 2.20. The van der Waals surface area contributed by atoms with Gasteiger partial charge in [0.05, 0.1) is 0 Å². The first-order chi connectivity index (χ1) is 11.6. The summed E-state index contributed by atoms with van der Waals surface area (Å²) in [5.41, 5.74) is 2.62. The lowest BCUT2D eigenvalue weighted by Gasteiger charge is -2.14. The molecule has 1 heterocycles. The monoisotopic (exact) mass is 343 g/mol. The number of aryl methyl sites for hydroxylation is 1. The Kier molecular flexibility index (Phi) is 5.01. The molecule has 2 aromatic rings. The van der Waals surface area contributed by atoms with Gasteiger partial charge in [-0.1, -0.05) is 23.7 Å². The van der Waals surface area contributed by atoms with E-state index < -0.39 is 0 Å². The first-order valence-corrected chi connectivity index (χ1v) is 8.19. The van der Waals surface area contributed by atoms with E-state index in [1.54, 1.807) is 17.0 Å². The van der Waals surface area contributed by atoms with E-state index in [1.165, 1.54) is 0 Å². The van der Waals surface area contributed by atoms with Crippen molar-refractivity contribution >= 4 is 34.9 Å². The molecule has 24 heavy (non-hydrogen) atoms. The highest BCUT2D eigenvalue weighted by molar-refractivity contribution is 6.30. The van der Waals surface area contributed by atoms with Crippen molar-refractivity contribution in [3.63, 3.8) is 0 Å². The molecule has 0 unspecified atom stereocenters. The van der Waals surface area contributed by atoms with Crippen LogP contribution in [0.1, 0.15) is 12.0 Å². The Labute approximate surface area is 145 Å². The van der Waals surface area contributed by atoms with Crippen molar-refractivity contribution in [2.75, 3.05) is 23.3 Å². The van der Waals surface area contributed by atoms with Crippen LogP contribution in [0.25, 0.3) is 0 Å². The van der Waals surface area contributed by atoms with Crippen molar-refractivity contribution in [2.45, 2.75) is 12.8 Å². The van der Waals surface area contributed by atoms with Crippen LogP contribution in [0.2, 0.25) is 5.02 Å². The molecule has 6 heteroatoms. The fraction of sp³-hybridized carbons (Fsp3) is 0.222. The van der Waals surface area contributed by atoms with Gasteiger partial charge in [-0.15, -0.1) is 0 Å². The molecular formula is C18H18ClN3O2. The molecule has 0 atom stereocenters. The van der Waals surface area contributed by atoms with E-state index >= 15 is 0 Å².